The molecule has 0 saturated heterocycles. The van der Waals surface area contributed by atoms with Gasteiger partial charge in [-0.3, -0.25) is 0 Å². The molecule has 0 radical (unpaired) electrons. The molecule has 276 valence electrons. The summed E-state index contributed by atoms with van der Waals surface area (Å²) in [4.78, 5) is 5.27. The van der Waals surface area contributed by atoms with Crippen LogP contribution < -0.4 is 25.4 Å². The maximum atomic E-state index is 6.74. The summed E-state index contributed by atoms with van der Waals surface area (Å²) < 4.78 is 8.10. The average molecular weight is 747 g/mol. The zero-order chi connectivity index (χ0) is 38.5. The van der Waals surface area contributed by atoms with Crippen molar-refractivity contribution in [3.8, 4) is 33.8 Å². The molecular weight excluding hydrogens is 699 g/mol. The van der Waals surface area contributed by atoms with Crippen LogP contribution in [0.2, 0.25) is 0 Å². The first kappa shape index (κ1) is 34.0. The van der Waals surface area contributed by atoms with Crippen molar-refractivity contribution in [2.24, 2.45) is 0 Å². The molecule has 4 heterocycles. The van der Waals surface area contributed by atoms with Crippen LogP contribution in [0.3, 0.4) is 0 Å². The molecule has 0 atom stereocenters. The highest BCUT2D eigenvalue weighted by molar-refractivity contribution is 7.26. The van der Waals surface area contributed by atoms with Crippen LogP contribution >= 0.6 is 11.3 Å². The number of para-hydroxylation sites is 3. The molecule has 0 bridgehead atoms. The van der Waals surface area contributed by atoms with Gasteiger partial charge in [0.05, 0.1) is 22.1 Å². The zero-order valence-corrected chi connectivity index (χ0v) is 34.5. The summed E-state index contributed by atoms with van der Waals surface area (Å²) in [6.07, 6.45) is 2.37. The molecule has 0 spiro atoms. The Labute approximate surface area is 335 Å². The molecule has 0 N–H and O–H groups in total. The molecule has 3 nitrogen and oxygen atoms in total. The summed E-state index contributed by atoms with van der Waals surface area (Å²) in [5.74, 6) is 1.82. The van der Waals surface area contributed by atoms with Gasteiger partial charge < -0.3 is 14.4 Å². The van der Waals surface area contributed by atoms with Gasteiger partial charge in [-0.1, -0.05) is 115 Å². The minimum atomic E-state index is -0.0499. The lowest BCUT2D eigenvalue weighted by atomic mass is 9.43. The molecule has 0 saturated carbocycles. The van der Waals surface area contributed by atoms with Crippen molar-refractivity contribution < 1.29 is 4.74 Å². The summed E-state index contributed by atoms with van der Waals surface area (Å²) >= 11 is 1.97. The van der Waals surface area contributed by atoms with Gasteiger partial charge in [0.25, 0.3) is 0 Å². The first-order chi connectivity index (χ1) is 26.8. The van der Waals surface area contributed by atoms with Crippen LogP contribution in [0.1, 0.15) is 83.6 Å². The maximum absolute atomic E-state index is 6.74. The van der Waals surface area contributed by atoms with Crippen molar-refractivity contribution in [3.05, 3.63) is 138 Å². The second-order valence-corrected chi connectivity index (χ2v) is 19.9. The molecule has 7 aromatic rings. The van der Waals surface area contributed by atoms with Crippen molar-refractivity contribution in [1.82, 2.24) is 0 Å². The van der Waals surface area contributed by atoms with Crippen LogP contribution in [0.15, 0.2) is 115 Å². The molecule has 4 aliphatic rings. The first-order valence-electron chi connectivity index (χ1n) is 20.3. The van der Waals surface area contributed by atoms with Crippen molar-refractivity contribution in [2.75, 3.05) is 9.71 Å². The summed E-state index contributed by atoms with van der Waals surface area (Å²) in [5, 5.41) is 2.68. The molecule has 5 heteroatoms. The number of anilines is 5. The summed E-state index contributed by atoms with van der Waals surface area (Å²) in [6.45, 7) is 19.0. The van der Waals surface area contributed by atoms with Crippen molar-refractivity contribution in [2.45, 2.75) is 84.5 Å². The fraction of sp³-hybridized carbons (Fsp3) is 0.255. The number of nitrogens with zero attached hydrogens (tertiary/aromatic N) is 2. The number of hydrogen-bond donors (Lipinski definition) is 0. The Bertz CT molecular complexity index is 2810. The van der Waals surface area contributed by atoms with Crippen LogP contribution in [0, 0.1) is 6.92 Å². The standard InChI is InChI=1S/C51H47BN2OS/c1-30-25-35-33-17-14-20-43-47(33)54(40-18-12-13-19-42(40)55-43)52-45(35)41(26-30)53(39-22-21-32(49(2,3)4)27-34(39)31-15-10-9-11-16-31)48-46(52)36-28-37-38(29-44(36)56-48)51(7,8)24-23-50(37,5)6/h9-22,25-29H,23-24H2,1-8H3. The van der Waals surface area contributed by atoms with Crippen LogP contribution in [0.4, 0.5) is 27.8 Å². The maximum Gasteiger partial charge on any atom is 0.334 e. The van der Waals surface area contributed by atoms with Crippen LogP contribution in [-0.4, -0.2) is 6.85 Å². The number of hydrogen-bond acceptors (Lipinski definition) is 4. The van der Waals surface area contributed by atoms with E-state index in [4.69, 9.17) is 4.74 Å². The lowest BCUT2D eigenvalue weighted by Crippen LogP contribution is -2.61. The Balaban J connectivity index is 1.30. The van der Waals surface area contributed by atoms with Gasteiger partial charge >= 0.3 is 6.85 Å². The second-order valence-electron chi connectivity index (χ2n) is 18.9. The topological polar surface area (TPSA) is 15.7 Å². The largest absolute Gasteiger partial charge is 0.453 e. The van der Waals surface area contributed by atoms with Gasteiger partial charge in [0.1, 0.15) is 5.75 Å². The average Bonchev–Trinajstić information content (AvgIpc) is 3.55. The third-order valence-corrected chi connectivity index (χ3v) is 14.4. The molecule has 56 heavy (non-hydrogen) atoms. The van der Waals surface area contributed by atoms with Gasteiger partial charge in [-0.15, -0.1) is 11.3 Å². The van der Waals surface area contributed by atoms with E-state index in [1.165, 1.54) is 94.7 Å². The summed E-state index contributed by atoms with van der Waals surface area (Å²) in [5.41, 5.74) is 18.3. The molecular formula is C51H47BN2OS. The minimum Gasteiger partial charge on any atom is -0.453 e. The first-order valence-corrected chi connectivity index (χ1v) is 21.1. The third-order valence-electron chi connectivity index (χ3n) is 13.3. The minimum absolute atomic E-state index is 0.00411. The number of benzene rings is 6. The van der Waals surface area contributed by atoms with Crippen molar-refractivity contribution in [3.63, 3.8) is 0 Å². The zero-order valence-electron chi connectivity index (χ0n) is 33.7. The third kappa shape index (κ3) is 4.70. The highest BCUT2D eigenvalue weighted by atomic mass is 32.1. The quantitative estimate of drug-likeness (QED) is 0.164. The Morgan fingerprint density at radius 3 is 2.12 bits per heavy atom. The Kier molecular flexibility index (Phi) is 6.94. The van der Waals surface area contributed by atoms with Crippen molar-refractivity contribution >= 4 is 66.9 Å². The lowest BCUT2D eigenvalue weighted by Gasteiger charge is -2.47. The van der Waals surface area contributed by atoms with E-state index in [1.807, 2.05) is 11.3 Å². The SMILES string of the molecule is Cc1cc2c3c(c1)N(c1ccc(C(C)(C)C)cc1-c1ccccc1)c1sc4cc5c(cc4c1B3N1c3ccccc3Oc3cccc-2c31)C(C)(C)CCC5(C)C. The molecule has 0 fully saturated rings. The molecule has 3 aliphatic heterocycles. The Morgan fingerprint density at radius 2 is 1.36 bits per heavy atom. The Morgan fingerprint density at radius 1 is 0.643 bits per heavy atom. The Hall–Kier alpha value is -5.26. The molecule has 1 aromatic heterocycles. The molecule has 1 aliphatic carbocycles. The molecule has 6 aromatic carbocycles. The number of thiophene rings is 1. The number of ether oxygens (including phenoxy) is 1. The van der Waals surface area contributed by atoms with E-state index in [0.29, 0.717) is 0 Å². The fourth-order valence-electron chi connectivity index (χ4n) is 10.2. The predicted molar refractivity (Wildman–Crippen MR) is 240 cm³/mol. The number of aryl methyl sites for hydroxylation is 1. The summed E-state index contributed by atoms with van der Waals surface area (Å²) in [7, 11) is 0. The van der Waals surface area contributed by atoms with Gasteiger partial charge in [-0.05, 0) is 134 Å². The van der Waals surface area contributed by atoms with E-state index < -0.39 is 0 Å². The molecule has 0 amide bonds. The number of fused-ring (bicyclic) bond motifs is 9. The van der Waals surface area contributed by atoms with Crippen LogP contribution in [-0.2, 0) is 16.2 Å². The van der Waals surface area contributed by atoms with E-state index >= 15 is 0 Å². The van der Waals surface area contributed by atoms with Crippen molar-refractivity contribution in [1.29, 1.82) is 0 Å². The van der Waals surface area contributed by atoms with Crippen LogP contribution in [0.25, 0.3) is 32.3 Å². The van der Waals surface area contributed by atoms with E-state index in [9.17, 15) is 0 Å². The van der Waals surface area contributed by atoms with E-state index in [1.54, 1.807) is 0 Å². The lowest BCUT2D eigenvalue weighted by molar-refractivity contribution is 0.332. The van der Waals surface area contributed by atoms with Gasteiger partial charge in [0.2, 0.25) is 0 Å². The highest BCUT2D eigenvalue weighted by Crippen LogP contribution is 2.58. The molecule has 0 unspecified atom stereocenters. The van der Waals surface area contributed by atoms with E-state index in [0.717, 1.165) is 22.9 Å². The number of rotatable bonds is 2. The van der Waals surface area contributed by atoms with E-state index in [-0.39, 0.29) is 23.1 Å². The normalized spacial score (nSPS) is 16.8. The smallest absolute Gasteiger partial charge is 0.334 e. The van der Waals surface area contributed by atoms with Gasteiger partial charge in [0.15, 0.2) is 5.75 Å². The monoisotopic (exact) mass is 746 g/mol. The van der Waals surface area contributed by atoms with Gasteiger partial charge in [-0.25, -0.2) is 0 Å². The second kappa shape index (κ2) is 11.4. The van der Waals surface area contributed by atoms with Gasteiger partial charge in [0, 0.05) is 21.5 Å². The fourth-order valence-corrected chi connectivity index (χ4v) is 11.5. The van der Waals surface area contributed by atoms with E-state index in [2.05, 4.69) is 180 Å². The predicted octanol–water partition coefficient (Wildman–Crippen LogP) is 13.3. The molecule has 11 rings (SSSR count). The summed E-state index contributed by atoms with van der Waals surface area (Å²) in [6, 6.07) is 43.6. The highest BCUT2D eigenvalue weighted by Gasteiger charge is 2.50. The van der Waals surface area contributed by atoms with Gasteiger partial charge in [-0.2, -0.15) is 0 Å². The van der Waals surface area contributed by atoms with Crippen LogP contribution in [0.5, 0.6) is 11.5 Å².